The fourth-order valence-electron chi connectivity index (χ4n) is 2.20. The van der Waals surface area contributed by atoms with Crippen LogP contribution in [0.2, 0.25) is 0 Å². The summed E-state index contributed by atoms with van der Waals surface area (Å²) >= 11 is 0. The fourth-order valence-corrected chi connectivity index (χ4v) is 2.20. The van der Waals surface area contributed by atoms with Gasteiger partial charge in [0.25, 0.3) is 0 Å². The van der Waals surface area contributed by atoms with Gasteiger partial charge >= 0.3 is 11.9 Å². The van der Waals surface area contributed by atoms with Crippen molar-refractivity contribution >= 4 is 11.9 Å². The Morgan fingerprint density at radius 3 is 2.68 bits per heavy atom. The molecule has 1 fully saturated rings. The molecule has 0 spiro atoms. The number of nitriles is 1. The molecule has 1 aliphatic rings. The second-order valence-corrected chi connectivity index (χ2v) is 4.53. The van der Waals surface area contributed by atoms with Crippen molar-refractivity contribution in [3.63, 3.8) is 0 Å². The quantitative estimate of drug-likeness (QED) is 0.697. The number of rotatable bonds is 5. The van der Waals surface area contributed by atoms with Gasteiger partial charge in [0.15, 0.2) is 0 Å². The first-order chi connectivity index (χ1) is 9.04. The number of hydrogen-bond acceptors (Lipinski definition) is 6. The van der Waals surface area contributed by atoms with Crippen molar-refractivity contribution in [2.45, 2.75) is 45.3 Å². The van der Waals surface area contributed by atoms with Gasteiger partial charge in [-0.05, 0) is 12.8 Å². The Bertz CT molecular complexity index is 363. The predicted octanol–water partition coefficient (Wildman–Crippen LogP) is 1.19. The zero-order valence-electron chi connectivity index (χ0n) is 11.3. The van der Waals surface area contributed by atoms with E-state index in [1.165, 1.54) is 13.8 Å². The van der Waals surface area contributed by atoms with Gasteiger partial charge in [-0.2, -0.15) is 5.26 Å². The Balaban J connectivity index is 2.67. The highest BCUT2D eigenvalue weighted by atomic mass is 16.6. The average molecular weight is 269 g/mol. The highest BCUT2D eigenvalue weighted by Gasteiger charge is 2.37. The summed E-state index contributed by atoms with van der Waals surface area (Å²) in [5.41, 5.74) is 0. The fraction of sp³-hybridized carbons (Fsp3) is 0.769. The van der Waals surface area contributed by atoms with Gasteiger partial charge in [-0.3, -0.25) is 9.59 Å². The first kappa shape index (κ1) is 15.4. The Morgan fingerprint density at radius 1 is 1.37 bits per heavy atom. The summed E-state index contributed by atoms with van der Waals surface area (Å²) in [5.74, 6) is -0.729. The molecule has 106 valence electrons. The second-order valence-electron chi connectivity index (χ2n) is 4.53. The SMILES string of the molecule is CC(=O)OC[C@H]1OCC[C@@H](CCC#N)[C@@H]1OC(C)=O. The lowest BCUT2D eigenvalue weighted by Crippen LogP contribution is -2.46. The summed E-state index contributed by atoms with van der Waals surface area (Å²) in [5, 5.41) is 8.65. The Kier molecular flexibility index (Phi) is 6.30. The van der Waals surface area contributed by atoms with Crippen LogP contribution in [0.1, 0.15) is 33.1 Å². The van der Waals surface area contributed by atoms with E-state index in [9.17, 15) is 9.59 Å². The molecule has 0 aliphatic carbocycles. The van der Waals surface area contributed by atoms with Gasteiger partial charge in [-0.25, -0.2) is 0 Å². The summed E-state index contributed by atoms with van der Waals surface area (Å²) < 4.78 is 15.7. The number of hydrogen-bond donors (Lipinski definition) is 0. The third-order valence-corrected chi connectivity index (χ3v) is 3.03. The minimum absolute atomic E-state index is 0.0658. The van der Waals surface area contributed by atoms with Crippen molar-refractivity contribution in [2.75, 3.05) is 13.2 Å². The molecule has 1 rings (SSSR count). The van der Waals surface area contributed by atoms with Gasteiger partial charge in [0.2, 0.25) is 0 Å². The third kappa shape index (κ3) is 5.26. The molecule has 0 aromatic rings. The van der Waals surface area contributed by atoms with Crippen LogP contribution in [0.5, 0.6) is 0 Å². The molecule has 0 amide bonds. The van der Waals surface area contributed by atoms with Gasteiger partial charge in [0, 0.05) is 32.8 Å². The minimum Gasteiger partial charge on any atom is -0.463 e. The van der Waals surface area contributed by atoms with E-state index < -0.39 is 24.1 Å². The Labute approximate surface area is 112 Å². The highest BCUT2D eigenvalue weighted by molar-refractivity contribution is 5.66. The summed E-state index contributed by atoms with van der Waals surface area (Å²) in [6.07, 6.45) is 0.872. The Morgan fingerprint density at radius 2 is 2.11 bits per heavy atom. The zero-order chi connectivity index (χ0) is 14.3. The van der Waals surface area contributed by atoms with Crippen molar-refractivity contribution in [1.29, 1.82) is 5.26 Å². The van der Waals surface area contributed by atoms with Gasteiger partial charge in [0.1, 0.15) is 18.8 Å². The maximum Gasteiger partial charge on any atom is 0.303 e. The van der Waals surface area contributed by atoms with Crippen molar-refractivity contribution in [3.8, 4) is 6.07 Å². The molecule has 0 aromatic carbocycles. The van der Waals surface area contributed by atoms with Crippen molar-refractivity contribution in [2.24, 2.45) is 5.92 Å². The molecule has 0 bridgehead atoms. The van der Waals surface area contributed by atoms with Gasteiger partial charge < -0.3 is 14.2 Å². The van der Waals surface area contributed by atoms with E-state index in [0.717, 1.165) is 6.42 Å². The van der Waals surface area contributed by atoms with Crippen molar-refractivity contribution < 1.29 is 23.8 Å². The van der Waals surface area contributed by atoms with Gasteiger partial charge in [0.05, 0.1) is 6.07 Å². The normalized spacial score (nSPS) is 26.3. The molecule has 0 aromatic heterocycles. The number of carbonyl (C=O) groups is 2. The van der Waals surface area contributed by atoms with Crippen molar-refractivity contribution in [3.05, 3.63) is 0 Å². The Hall–Kier alpha value is -1.61. The first-order valence-corrected chi connectivity index (χ1v) is 6.33. The van der Waals surface area contributed by atoms with Crippen LogP contribution < -0.4 is 0 Å². The predicted molar refractivity (Wildman–Crippen MR) is 64.9 cm³/mol. The molecular formula is C13H19NO5. The van der Waals surface area contributed by atoms with Crippen LogP contribution in [0.15, 0.2) is 0 Å². The number of ether oxygens (including phenoxy) is 3. The average Bonchev–Trinajstić information content (AvgIpc) is 2.35. The van der Waals surface area contributed by atoms with E-state index in [0.29, 0.717) is 19.4 Å². The molecular weight excluding hydrogens is 250 g/mol. The van der Waals surface area contributed by atoms with Crippen LogP contribution in [0.3, 0.4) is 0 Å². The minimum atomic E-state index is -0.459. The van der Waals surface area contributed by atoms with Crippen LogP contribution in [-0.2, 0) is 23.8 Å². The standard InChI is InChI=1S/C13H19NO5/c1-9(15)18-8-12-13(19-10(2)16)11(4-3-6-14)5-7-17-12/h11-13H,3-5,7-8H2,1-2H3/t11-,12-,13+/m1/s1. The van der Waals surface area contributed by atoms with Crippen LogP contribution in [0.4, 0.5) is 0 Å². The molecule has 0 saturated carbocycles. The number of esters is 2. The van der Waals surface area contributed by atoms with E-state index in [1.807, 2.05) is 0 Å². The molecule has 0 radical (unpaired) electrons. The second kappa shape index (κ2) is 7.74. The molecule has 19 heavy (non-hydrogen) atoms. The molecule has 6 heteroatoms. The maximum atomic E-state index is 11.2. The molecule has 1 saturated heterocycles. The van der Waals surface area contributed by atoms with Crippen LogP contribution in [0, 0.1) is 17.2 Å². The lowest BCUT2D eigenvalue weighted by molar-refractivity contribution is -0.180. The van der Waals surface area contributed by atoms with Crippen LogP contribution in [0.25, 0.3) is 0 Å². The summed E-state index contributed by atoms with van der Waals surface area (Å²) in [7, 11) is 0. The van der Waals surface area contributed by atoms with Crippen molar-refractivity contribution in [1.82, 2.24) is 0 Å². The molecule has 3 atom stereocenters. The third-order valence-electron chi connectivity index (χ3n) is 3.03. The van der Waals surface area contributed by atoms with Gasteiger partial charge in [-0.1, -0.05) is 0 Å². The smallest absolute Gasteiger partial charge is 0.303 e. The molecule has 0 unspecified atom stereocenters. The monoisotopic (exact) mass is 269 g/mol. The lowest BCUT2D eigenvalue weighted by Gasteiger charge is -2.36. The van der Waals surface area contributed by atoms with E-state index >= 15 is 0 Å². The highest BCUT2D eigenvalue weighted by Crippen LogP contribution is 2.28. The lowest BCUT2D eigenvalue weighted by atomic mass is 9.88. The topological polar surface area (TPSA) is 85.6 Å². The van der Waals surface area contributed by atoms with E-state index in [4.69, 9.17) is 19.5 Å². The maximum absolute atomic E-state index is 11.2. The summed E-state index contributed by atoms with van der Waals surface area (Å²) in [6.45, 7) is 3.23. The van der Waals surface area contributed by atoms with E-state index in [2.05, 4.69) is 6.07 Å². The van der Waals surface area contributed by atoms with Gasteiger partial charge in [-0.15, -0.1) is 0 Å². The molecule has 1 heterocycles. The zero-order valence-corrected chi connectivity index (χ0v) is 11.3. The largest absolute Gasteiger partial charge is 0.463 e. The molecule has 0 N–H and O–H groups in total. The van der Waals surface area contributed by atoms with Crippen LogP contribution in [-0.4, -0.2) is 37.4 Å². The molecule has 6 nitrogen and oxygen atoms in total. The van der Waals surface area contributed by atoms with Crippen LogP contribution >= 0.6 is 0 Å². The number of nitrogens with zero attached hydrogens (tertiary/aromatic N) is 1. The molecule has 1 aliphatic heterocycles. The summed E-state index contributed by atoms with van der Waals surface area (Å²) in [4.78, 5) is 22.0. The number of carbonyl (C=O) groups excluding carboxylic acids is 2. The van der Waals surface area contributed by atoms with E-state index in [-0.39, 0.29) is 12.5 Å². The first-order valence-electron chi connectivity index (χ1n) is 6.33. The summed E-state index contributed by atoms with van der Waals surface area (Å²) in [6, 6.07) is 2.09. The van der Waals surface area contributed by atoms with E-state index in [1.54, 1.807) is 0 Å².